The lowest BCUT2D eigenvalue weighted by molar-refractivity contribution is 0.0916. The van der Waals surface area contributed by atoms with E-state index in [1.807, 2.05) is 0 Å². The molecule has 1 saturated carbocycles. The Labute approximate surface area is 92.8 Å². The molecule has 1 aliphatic rings. The van der Waals surface area contributed by atoms with Crippen LogP contribution in [0, 0.1) is 0 Å². The van der Waals surface area contributed by atoms with E-state index in [4.69, 9.17) is 17.3 Å². The number of carbonyl (C=O) groups is 1. The van der Waals surface area contributed by atoms with Crippen molar-refractivity contribution in [1.82, 2.24) is 10.3 Å². The first-order valence-electron chi connectivity index (χ1n) is 4.88. The number of hydrogen-bond acceptors (Lipinski definition) is 3. The second-order valence-corrected chi connectivity index (χ2v) is 4.10. The summed E-state index contributed by atoms with van der Waals surface area (Å²) in [6.45, 7) is 0. The lowest BCUT2D eigenvalue weighted by atomic mass is 9.93. The van der Waals surface area contributed by atoms with E-state index in [9.17, 15) is 4.79 Å². The van der Waals surface area contributed by atoms with Crippen LogP contribution in [0.15, 0.2) is 12.3 Å². The van der Waals surface area contributed by atoms with E-state index >= 15 is 0 Å². The van der Waals surface area contributed by atoms with E-state index in [1.54, 1.807) is 0 Å². The molecule has 0 radical (unpaired) electrons. The van der Waals surface area contributed by atoms with Gasteiger partial charge in [-0.15, -0.1) is 0 Å². The van der Waals surface area contributed by atoms with Crippen LogP contribution >= 0.6 is 11.6 Å². The highest BCUT2D eigenvalue weighted by Gasteiger charge is 2.20. The van der Waals surface area contributed by atoms with Gasteiger partial charge in [0.15, 0.2) is 0 Å². The van der Waals surface area contributed by atoms with Crippen LogP contribution < -0.4 is 11.1 Å². The molecule has 0 atom stereocenters. The minimum absolute atomic E-state index is 0.130. The van der Waals surface area contributed by atoms with Gasteiger partial charge in [0.05, 0.1) is 10.6 Å². The van der Waals surface area contributed by atoms with Gasteiger partial charge in [-0.3, -0.25) is 4.79 Å². The van der Waals surface area contributed by atoms with Crippen molar-refractivity contribution in [3.8, 4) is 0 Å². The number of amides is 1. The number of carbonyl (C=O) groups excluding carboxylic acids is 1. The second kappa shape index (κ2) is 4.06. The molecule has 1 amide bonds. The summed E-state index contributed by atoms with van der Waals surface area (Å²) in [6, 6.07) is 1.85. The number of rotatable bonds is 2. The molecular formula is C10H12ClN3O. The van der Waals surface area contributed by atoms with Crippen LogP contribution in [-0.2, 0) is 0 Å². The topological polar surface area (TPSA) is 68.0 Å². The van der Waals surface area contributed by atoms with Crippen molar-refractivity contribution in [3.63, 3.8) is 0 Å². The van der Waals surface area contributed by atoms with Gasteiger partial charge in [-0.2, -0.15) is 0 Å². The standard InChI is InChI=1S/C10H12ClN3O/c11-8-4-6(5-13-9(8)12)10(15)14-7-2-1-3-7/h4-5,7H,1-3H2,(H2,12,13)(H,14,15). The van der Waals surface area contributed by atoms with Crippen LogP contribution in [0.2, 0.25) is 5.02 Å². The lowest BCUT2D eigenvalue weighted by Gasteiger charge is -2.26. The second-order valence-electron chi connectivity index (χ2n) is 3.69. The number of nitrogens with zero attached hydrogens (tertiary/aromatic N) is 1. The predicted molar refractivity (Wildman–Crippen MR) is 58.8 cm³/mol. The molecule has 15 heavy (non-hydrogen) atoms. The maximum absolute atomic E-state index is 11.7. The Bertz CT molecular complexity index is 390. The van der Waals surface area contributed by atoms with Crippen LogP contribution in [0.3, 0.4) is 0 Å². The maximum atomic E-state index is 11.7. The monoisotopic (exact) mass is 225 g/mol. The summed E-state index contributed by atoms with van der Waals surface area (Å²) < 4.78 is 0. The zero-order valence-corrected chi connectivity index (χ0v) is 8.92. The van der Waals surface area contributed by atoms with E-state index in [-0.39, 0.29) is 11.7 Å². The quantitative estimate of drug-likeness (QED) is 0.804. The molecule has 0 saturated heterocycles. The van der Waals surface area contributed by atoms with Gasteiger partial charge in [0.25, 0.3) is 5.91 Å². The van der Waals surface area contributed by atoms with Gasteiger partial charge in [0.1, 0.15) is 5.82 Å². The van der Waals surface area contributed by atoms with Gasteiger partial charge in [-0.1, -0.05) is 11.6 Å². The van der Waals surface area contributed by atoms with Crippen molar-refractivity contribution < 1.29 is 4.79 Å². The molecule has 0 spiro atoms. The number of pyridine rings is 1. The zero-order chi connectivity index (χ0) is 10.8. The number of halogens is 1. The maximum Gasteiger partial charge on any atom is 0.253 e. The fraction of sp³-hybridized carbons (Fsp3) is 0.400. The van der Waals surface area contributed by atoms with E-state index in [0.29, 0.717) is 16.6 Å². The highest BCUT2D eigenvalue weighted by Crippen LogP contribution is 2.20. The van der Waals surface area contributed by atoms with Crippen LogP contribution in [0.4, 0.5) is 5.82 Å². The molecule has 0 aromatic carbocycles. The molecule has 1 aromatic heterocycles. The van der Waals surface area contributed by atoms with E-state index < -0.39 is 0 Å². The normalized spacial score (nSPS) is 15.8. The number of nitrogen functional groups attached to an aromatic ring is 1. The third-order valence-electron chi connectivity index (χ3n) is 2.57. The molecule has 1 aliphatic carbocycles. The largest absolute Gasteiger partial charge is 0.382 e. The molecule has 1 heterocycles. The fourth-order valence-corrected chi connectivity index (χ4v) is 1.56. The molecule has 5 heteroatoms. The average molecular weight is 226 g/mol. The SMILES string of the molecule is Nc1ncc(C(=O)NC2CCC2)cc1Cl. The molecule has 2 rings (SSSR count). The van der Waals surface area contributed by atoms with Crippen molar-refractivity contribution in [1.29, 1.82) is 0 Å². The van der Waals surface area contributed by atoms with Crippen LogP contribution in [0.5, 0.6) is 0 Å². The number of nitrogens with two attached hydrogens (primary N) is 1. The fourth-order valence-electron chi connectivity index (χ4n) is 1.39. The number of aromatic nitrogens is 1. The Kier molecular flexibility index (Phi) is 2.77. The van der Waals surface area contributed by atoms with E-state index in [2.05, 4.69) is 10.3 Å². The summed E-state index contributed by atoms with van der Waals surface area (Å²) in [7, 11) is 0. The Hall–Kier alpha value is -1.29. The summed E-state index contributed by atoms with van der Waals surface area (Å²) in [6.07, 6.45) is 4.74. The zero-order valence-electron chi connectivity index (χ0n) is 8.16. The molecule has 4 nitrogen and oxygen atoms in total. The van der Waals surface area contributed by atoms with Crippen LogP contribution in [0.1, 0.15) is 29.6 Å². The molecular weight excluding hydrogens is 214 g/mol. The highest BCUT2D eigenvalue weighted by atomic mass is 35.5. The molecule has 1 aromatic rings. The Balaban J connectivity index is 2.07. The molecule has 0 aliphatic heterocycles. The summed E-state index contributed by atoms with van der Waals surface area (Å²) >= 11 is 5.77. The summed E-state index contributed by atoms with van der Waals surface area (Å²) in [5.41, 5.74) is 5.91. The molecule has 0 bridgehead atoms. The van der Waals surface area contributed by atoms with E-state index in [1.165, 1.54) is 18.7 Å². The summed E-state index contributed by atoms with van der Waals surface area (Å²) in [5.74, 6) is 0.117. The lowest BCUT2D eigenvalue weighted by Crippen LogP contribution is -2.39. The number of anilines is 1. The highest BCUT2D eigenvalue weighted by molar-refractivity contribution is 6.33. The van der Waals surface area contributed by atoms with Gasteiger partial charge in [0, 0.05) is 12.2 Å². The van der Waals surface area contributed by atoms with Gasteiger partial charge >= 0.3 is 0 Å². The molecule has 3 N–H and O–H groups in total. The van der Waals surface area contributed by atoms with Crippen molar-refractivity contribution in [2.24, 2.45) is 0 Å². The Morgan fingerprint density at radius 1 is 1.60 bits per heavy atom. The van der Waals surface area contributed by atoms with Gasteiger partial charge in [0.2, 0.25) is 0 Å². The molecule has 1 fully saturated rings. The summed E-state index contributed by atoms with van der Waals surface area (Å²) in [5, 5.41) is 3.22. The third-order valence-corrected chi connectivity index (χ3v) is 2.87. The predicted octanol–water partition coefficient (Wildman–Crippen LogP) is 1.60. The summed E-state index contributed by atoms with van der Waals surface area (Å²) in [4.78, 5) is 15.5. The smallest absolute Gasteiger partial charge is 0.253 e. The minimum Gasteiger partial charge on any atom is -0.382 e. The van der Waals surface area contributed by atoms with Gasteiger partial charge in [-0.05, 0) is 25.3 Å². The van der Waals surface area contributed by atoms with Crippen molar-refractivity contribution in [3.05, 3.63) is 22.8 Å². The number of hydrogen-bond donors (Lipinski definition) is 2. The first-order chi connectivity index (χ1) is 7.16. The first kappa shape index (κ1) is 10.2. The van der Waals surface area contributed by atoms with Crippen molar-refractivity contribution in [2.75, 3.05) is 5.73 Å². The first-order valence-corrected chi connectivity index (χ1v) is 5.26. The van der Waals surface area contributed by atoms with Crippen molar-refractivity contribution in [2.45, 2.75) is 25.3 Å². The average Bonchev–Trinajstić information content (AvgIpc) is 2.15. The minimum atomic E-state index is -0.130. The van der Waals surface area contributed by atoms with Crippen LogP contribution in [-0.4, -0.2) is 16.9 Å². The third kappa shape index (κ3) is 2.21. The molecule has 0 unspecified atom stereocenters. The Morgan fingerprint density at radius 2 is 2.33 bits per heavy atom. The molecule has 80 valence electrons. The van der Waals surface area contributed by atoms with Gasteiger partial charge in [-0.25, -0.2) is 4.98 Å². The van der Waals surface area contributed by atoms with Gasteiger partial charge < -0.3 is 11.1 Å². The van der Waals surface area contributed by atoms with Crippen LogP contribution in [0.25, 0.3) is 0 Å². The Morgan fingerprint density at radius 3 is 2.87 bits per heavy atom. The van der Waals surface area contributed by atoms with Crippen molar-refractivity contribution >= 4 is 23.3 Å². The number of nitrogens with one attached hydrogen (secondary N) is 1. The van der Waals surface area contributed by atoms with E-state index in [0.717, 1.165) is 12.8 Å².